The van der Waals surface area contributed by atoms with Crippen molar-refractivity contribution in [2.75, 3.05) is 50.8 Å². The highest BCUT2D eigenvalue weighted by Gasteiger charge is 2.15. The van der Waals surface area contributed by atoms with Crippen LogP contribution < -0.4 is 4.90 Å². The standard InChI is InChI=1S/C17H26N2O3/c1-14-3-4-16(15(2)13-14)19(6-5-17(20)21)8-7-18-9-11-22-12-10-18/h3-4,13H,5-12H2,1-2H3,(H,20,21). The lowest BCUT2D eigenvalue weighted by molar-refractivity contribution is -0.136. The molecular formula is C17H26N2O3. The molecule has 2 rings (SSSR count). The van der Waals surface area contributed by atoms with Gasteiger partial charge in [0.05, 0.1) is 19.6 Å². The van der Waals surface area contributed by atoms with E-state index >= 15 is 0 Å². The highest BCUT2D eigenvalue weighted by molar-refractivity contribution is 5.68. The molecule has 5 heteroatoms. The minimum atomic E-state index is -0.749. The minimum absolute atomic E-state index is 0.163. The molecule has 1 aromatic rings. The molecule has 1 aliphatic heterocycles. The number of rotatable bonds is 7. The lowest BCUT2D eigenvalue weighted by Crippen LogP contribution is -2.42. The zero-order valence-corrected chi connectivity index (χ0v) is 13.5. The van der Waals surface area contributed by atoms with E-state index in [1.165, 1.54) is 11.1 Å². The van der Waals surface area contributed by atoms with E-state index in [4.69, 9.17) is 9.84 Å². The Kier molecular flexibility index (Phi) is 6.21. The van der Waals surface area contributed by atoms with Crippen molar-refractivity contribution in [3.8, 4) is 0 Å². The summed E-state index contributed by atoms with van der Waals surface area (Å²) in [4.78, 5) is 15.5. The van der Waals surface area contributed by atoms with Crippen LogP contribution in [0.4, 0.5) is 5.69 Å². The van der Waals surface area contributed by atoms with Gasteiger partial charge in [-0.3, -0.25) is 9.69 Å². The molecule has 1 fully saturated rings. The number of carbonyl (C=O) groups is 1. The Hall–Kier alpha value is -1.59. The summed E-state index contributed by atoms with van der Waals surface area (Å²) in [7, 11) is 0. The van der Waals surface area contributed by atoms with E-state index in [1.807, 2.05) is 0 Å². The van der Waals surface area contributed by atoms with Gasteiger partial charge in [-0.2, -0.15) is 0 Å². The Balaban J connectivity index is 2.02. The first-order chi connectivity index (χ1) is 10.6. The summed E-state index contributed by atoms with van der Waals surface area (Å²) in [5.74, 6) is -0.749. The van der Waals surface area contributed by atoms with E-state index in [-0.39, 0.29) is 6.42 Å². The molecule has 1 aromatic carbocycles. The Bertz CT molecular complexity index is 499. The molecule has 0 atom stereocenters. The van der Waals surface area contributed by atoms with Gasteiger partial charge >= 0.3 is 5.97 Å². The van der Waals surface area contributed by atoms with E-state index in [0.29, 0.717) is 6.54 Å². The lowest BCUT2D eigenvalue weighted by Gasteiger charge is -2.31. The van der Waals surface area contributed by atoms with E-state index in [0.717, 1.165) is 45.1 Å². The molecule has 1 aliphatic rings. The van der Waals surface area contributed by atoms with E-state index in [2.05, 4.69) is 41.8 Å². The molecule has 122 valence electrons. The molecule has 0 amide bonds. The number of carboxylic acid groups (broad SMARTS) is 1. The van der Waals surface area contributed by atoms with Crippen LogP contribution in [0.25, 0.3) is 0 Å². The fourth-order valence-corrected chi connectivity index (χ4v) is 2.83. The van der Waals surface area contributed by atoms with Crippen LogP contribution in [0.5, 0.6) is 0 Å². The van der Waals surface area contributed by atoms with Crippen LogP contribution in [0.1, 0.15) is 17.5 Å². The van der Waals surface area contributed by atoms with Gasteiger partial charge in [0.1, 0.15) is 0 Å². The topological polar surface area (TPSA) is 53.0 Å². The number of hydrogen-bond donors (Lipinski definition) is 1. The van der Waals surface area contributed by atoms with Crippen LogP contribution >= 0.6 is 0 Å². The number of aliphatic carboxylic acids is 1. The van der Waals surface area contributed by atoms with Crippen molar-refractivity contribution in [1.29, 1.82) is 0 Å². The smallest absolute Gasteiger partial charge is 0.305 e. The zero-order valence-electron chi connectivity index (χ0n) is 13.5. The molecule has 1 heterocycles. The molecule has 0 aromatic heterocycles. The van der Waals surface area contributed by atoms with Gasteiger partial charge < -0.3 is 14.7 Å². The van der Waals surface area contributed by atoms with Crippen LogP contribution in [0.15, 0.2) is 18.2 Å². The van der Waals surface area contributed by atoms with Crippen molar-refractivity contribution in [3.63, 3.8) is 0 Å². The Labute approximate surface area is 132 Å². The van der Waals surface area contributed by atoms with Crippen LogP contribution in [0.3, 0.4) is 0 Å². The van der Waals surface area contributed by atoms with Gasteiger partial charge in [-0.15, -0.1) is 0 Å². The van der Waals surface area contributed by atoms with Crippen molar-refractivity contribution < 1.29 is 14.6 Å². The van der Waals surface area contributed by atoms with Crippen molar-refractivity contribution in [2.45, 2.75) is 20.3 Å². The van der Waals surface area contributed by atoms with Crippen LogP contribution in [-0.4, -0.2) is 61.9 Å². The fraction of sp³-hybridized carbons (Fsp3) is 0.588. The molecule has 22 heavy (non-hydrogen) atoms. The number of ether oxygens (including phenoxy) is 1. The van der Waals surface area contributed by atoms with Gasteiger partial charge in [-0.1, -0.05) is 17.7 Å². The molecule has 1 saturated heterocycles. The first-order valence-electron chi connectivity index (χ1n) is 7.90. The second kappa shape index (κ2) is 8.15. The SMILES string of the molecule is Cc1ccc(N(CCC(=O)O)CCN2CCOCC2)c(C)c1. The predicted octanol–water partition coefficient (Wildman–Crippen LogP) is 1.92. The number of nitrogens with zero attached hydrogens (tertiary/aromatic N) is 2. The number of morpholine rings is 1. The number of hydrogen-bond acceptors (Lipinski definition) is 4. The molecule has 0 unspecified atom stereocenters. The lowest BCUT2D eigenvalue weighted by atomic mass is 10.1. The molecule has 0 radical (unpaired) electrons. The average Bonchev–Trinajstić information content (AvgIpc) is 2.49. The molecule has 0 bridgehead atoms. The van der Waals surface area contributed by atoms with Crippen molar-refractivity contribution in [2.24, 2.45) is 0 Å². The average molecular weight is 306 g/mol. The molecule has 0 saturated carbocycles. The third-order valence-corrected chi connectivity index (χ3v) is 4.08. The Morgan fingerprint density at radius 3 is 2.64 bits per heavy atom. The summed E-state index contributed by atoms with van der Waals surface area (Å²) in [6.07, 6.45) is 0.163. The second-order valence-electron chi connectivity index (χ2n) is 5.87. The maximum absolute atomic E-state index is 10.9. The van der Waals surface area contributed by atoms with Gasteiger partial charge in [0.25, 0.3) is 0 Å². The van der Waals surface area contributed by atoms with Gasteiger partial charge in [0.2, 0.25) is 0 Å². The van der Waals surface area contributed by atoms with Crippen LogP contribution in [0.2, 0.25) is 0 Å². The molecule has 0 aliphatic carbocycles. The van der Waals surface area contributed by atoms with Gasteiger partial charge in [0, 0.05) is 38.4 Å². The van der Waals surface area contributed by atoms with Crippen molar-refractivity contribution >= 4 is 11.7 Å². The predicted molar refractivity (Wildman–Crippen MR) is 87.6 cm³/mol. The molecule has 0 spiro atoms. The summed E-state index contributed by atoms with van der Waals surface area (Å²) < 4.78 is 5.37. The number of carboxylic acids is 1. The maximum atomic E-state index is 10.9. The maximum Gasteiger partial charge on any atom is 0.305 e. The fourth-order valence-electron chi connectivity index (χ4n) is 2.83. The second-order valence-corrected chi connectivity index (χ2v) is 5.87. The third-order valence-electron chi connectivity index (χ3n) is 4.08. The normalized spacial score (nSPS) is 15.7. The summed E-state index contributed by atoms with van der Waals surface area (Å²) >= 11 is 0. The first kappa shape index (κ1) is 16.8. The van der Waals surface area contributed by atoms with Gasteiger partial charge in [-0.05, 0) is 25.5 Å². The molecule has 5 nitrogen and oxygen atoms in total. The highest BCUT2D eigenvalue weighted by Crippen LogP contribution is 2.21. The minimum Gasteiger partial charge on any atom is -0.481 e. The zero-order chi connectivity index (χ0) is 15.9. The summed E-state index contributed by atoms with van der Waals surface area (Å²) in [5.41, 5.74) is 3.57. The van der Waals surface area contributed by atoms with E-state index < -0.39 is 5.97 Å². The van der Waals surface area contributed by atoms with Gasteiger partial charge in [-0.25, -0.2) is 0 Å². The van der Waals surface area contributed by atoms with Crippen LogP contribution in [-0.2, 0) is 9.53 Å². The Morgan fingerprint density at radius 1 is 1.27 bits per heavy atom. The number of aryl methyl sites for hydroxylation is 2. The summed E-state index contributed by atoms with van der Waals surface area (Å²) in [5, 5.41) is 8.99. The van der Waals surface area contributed by atoms with Crippen LogP contribution in [0, 0.1) is 13.8 Å². The number of anilines is 1. The molecule has 1 N–H and O–H groups in total. The Morgan fingerprint density at radius 2 is 2.00 bits per heavy atom. The van der Waals surface area contributed by atoms with Crippen molar-refractivity contribution in [1.82, 2.24) is 4.90 Å². The van der Waals surface area contributed by atoms with E-state index in [9.17, 15) is 4.79 Å². The van der Waals surface area contributed by atoms with Gasteiger partial charge in [0.15, 0.2) is 0 Å². The monoisotopic (exact) mass is 306 g/mol. The van der Waals surface area contributed by atoms with Crippen molar-refractivity contribution in [3.05, 3.63) is 29.3 Å². The summed E-state index contributed by atoms with van der Waals surface area (Å²) in [6, 6.07) is 6.34. The quantitative estimate of drug-likeness (QED) is 0.834. The number of benzene rings is 1. The third kappa shape index (κ3) is 5.00. The van der Waals surface area contributed by atoms with E-state index in [1.54, 1.807) is 0 Å². The highest BCUT2D eigenvalue weighted by atomic mass is 16.5. The molecular weight excluding hydrogens is 280 g/mol. The first-order valence-corrected chi connectivity index (χ1v) is 7.90. The summed E-state index contributed by atoms with van der Waals surface area (Å²) in [6.45, 7) is 9.99. The largest absolute Gasteiger partial charge is 0.481 e.